The van der Waals surface area contributed by atoms with Gasteiger partial charge in [-0.05, 0) is 49.4 Å². The molecular formula is C25H31ClN2O4. The standard InChI is InChI=1S/C25H31ClN2O4/c1-27(19-10-11-21(25(29)30)22(26)15-19)23(18-7-3-2-4-8-18)17-28-13-12-20(16-28)32-24-9-5-6-14-31-24/h2-4,7-8,10-11,15,20,23-24H,5-6,9,12-14,16-17H2,1H3,(H,29,30)/t20-,23+,24?/m0/s1. The fourth-order valence-corrected chi connectivity index (χ4v) is 4.81. The van der Waals surface area contributed by atoms with Crippen molar-refractivity contribution in [3.05, 3.63) is 64.7 Å². The molecule has 2 aromatic rings. The van der Waals surface area contributed by atoms with Crippen molar-refractivity contribution in [1.29, 1.82) is 0 Å². The molecule has 0 bridgehead atoms. The van der Waals surface area contributed by atoms with Gasteiger partial charge >= 0.3 is 5.97 Å². The average molecular weight is 459 g/mol. The number of aromatic carboxylic acids is 1. The Morgan fingerprint density at radius 3 is 2.75 bits per heavy atom. The van der Waals surface area contributed by atoms with Gasteiger partial charge in [-0.3, -0.25) is 4.90 Å². The molecule has 172 valence electrons. The number of likely N-dealkylation sites (N-methyl/N-ethyl adjacent to an activating group) is 1. The average Bonchev–Trinajstić information content (AvgIpc) is 3.25. The number of rotatable bonds is 8. The van der Waals surface area contributed by atoms with Gasteiger partial charge in [-0.1, -0.05) is 41.9 Å². The van der Waals surface area contributed by atoms with E-state index < -0.39 is 5.97 Å². The number of ether oxygens (including phenoxy) is 2. The lowest BCUT2D eigenvalue weighted by molar-refractivity contribution is -0.185. The summed E-state index contributed by atoms with van der Waals surface area (Å²) < 4.78 is 12.0. The van der Waals surface area contributed by atoms with Crippen molar-refractivity contribution in [2.24, 2.45) is 0 Å². The molecule has 0 aliphatic carbocycles. The summed E-state index contributed by atoms with van der Waals surface area (Å²) in [5.41, 5.74) is 2.20. The van der Waals surface area contributed by atoms with Crippen LogP contribution in [-0.4, -0.2) is 61.7 Å². The van der Waals surface area contributed by atoms with E-state index >= 15 is 0 Å². The summed E-state index contributed by atoms with van der Waals surface area (Å²) in [5.74, 6) is -1.02. The quantitative estimate of drug-likeness (QED) is 0.611. The number of hydrogen-bond donors (Lipinski definition) is 1. The minimum atomic E-state index is -1.02. The molecule has 1 unspecified atom stereocenters. The summed E-state index contributed by atoms with van der Waals surface area (Å²) in [4.78, 5) is 15.9. The van der Waals surface area contributed by atoms with Gasteiger partial charge in [0.05, 0.1) is 22.7 Å². The molecule has 0 radical (unpaired) electrons. The molecule has 2 aliphatic rings. The topological polar surface area (TPSA) is 62.2 Å². The number of carbonyl (C=O) groups is 1. The molecule has 0 spiro atoms. The number of halogens is 1. The molecule has 7 heteroatoms. The van der Waals surface area contributed by atoms with E-state index in [0.717, 1.165) is 51.2 Å². The highest BCUT2D eigenvalue weighted by Gasteiger charge is 2.30. The second-order valence-electron chi connectivity index (χ2n) is 8.61. The fourth-order valence-electron chi connectivity index (χ4n) is 4.56. The van der Waals surface area contributed by atoms with Crippen LogP contribution in [0.15, 0.2) is 48.5 Å². The van der Waals surface area contributed by atoms with Gasteiger partial charge in [0.2, 0.25) is 0 Å². The Morgan fingerprint density at radius 1 is 1.25 bits per heavy atom. The Morgan fingerprint density at radius 2 is 2.06 bits per heavy atom. The lowest BCUT2D eigenvalue weighted by atomic mass is 10.0. The van der Waals surface area contributed by atoms with Crippen molar-refractivity contribution in [2.75, 3.05) is 38.2 Å². The number of nitrogens with zero attached hydrogens (tertiary/aromatic N) is 2. The summed E-state index contributed by atoms with van der Waals surface area (Å²) in [6, 6.07) is 15.6. The Labute approximate surface area is 194 Å². The van der Waals surface area contributed by atoms with Gasteiger partial charge in [0.25, 0.3) is 0 Å². The van der Waals surface area contributed by atoms with Crippen molar-refractivity contribution in [3.8, 4) is 0 Å². The van der Waals surface area contributed by atoms with Crippen molar-refractivity contribution in [1.82, 2.24) is 4.90 Å². The lowest BCUT2D eigenvalue weighted by Gasteiger charge is -2.34. The lowest BCUT2D eigenvalue weighted by Crippen LogP contribution is -2.36. The van der Waals surface area contributed by atoms with E-state index in [4.69, 9.17) is 21.1 Å². The van der Waals surface area contributed by atoms with Crippen LogP contribution in [0.5, 0.6) is 0 Å². The molecule has 2 heterocycles. The van der Waals surface area contributed by atoms with Crippen molar-refractivity contribution in [3.63, 3.8) is 0 Å². The molecule has 0 saturated carbocycles. The Kier molecular flexibility index (Phi) is 7.68. The number of carboxylic acid groups (broad SMARTS) is 1. The maximum Gasteiger partial charge on any atom is 0.337 e. The molecule has 0 aromatic heterocycles. The SMILES string of the molecule is CN(c1ccc(C(=O)O)c(Cl)c1)[C@H](CN1CC[C@H](OC2CCCCO2)C1)c1ccccc1. The third-order valence-corrected chi connectivity index (χ3v) is 6.70. The summed E-state index contributed by atoms with van der Waals surface area (Å²) in [6.45, 7) is 3.50. The van der Waals surface area contributed by atoms with E-state index in [9.17, 15) is 9.90 Å². The van der Waals surface area contributed by atoms with Gasteiger partial charge < -0.3 is 19.5 Å². The van der Waals surface area contributed by atoms with E-state index in [2.05, 4.69) is 21.9 Å². The monoisotopic (exact) mass is 458 g/mol. The van der Waals surface area contributed by atoms with Crippen LogP contribution < -0.4 is 4.90 Å². The van der Waals surface area contributed by atoms with Crippen LogP contribution in [0.1, 0.15) is 47.6 Å². The maximum absolute atomic E-state index is 11.3. The minimum absolute atomic E-state index is 0.0591. The van der Waals surface area contributed by atoms with Crippen LogP contribution in [-0.2, 0) is 9.47 Å². The molecule has 6 nitrogen and oxygen atoms in total. The normalized spacial score (nSPS) is 22.6. The number of benzene rings is 2. The summed E-state index contributed by atoms with van der Waals surface area (Å²) in [5, 5.41) is 9.54. The molecule has 32 heavy (non-hydrogen) atoms. The van der Waals surface area contributed by atoms with E-state index in [-0.39, 0.29) is 29.0 Å². The first-order valence-corrected chi connectivity index (χ1v) is 11.7. The Hall–Kier alpha value is -2.12. The Bertz CT molecular complexity index is 904. The maximum atomic E-state index is 11.3. The van der Waals surface area contributed by atoms with Crippen LogP contribution >= 0.6 is 11.6 Å². The number of likely N-dealkylation sites (tertiary alicyclic amines) is 1. The summed E-state index contributed by atoms with van der Waals surface area (Å²) in [7, 11) is 2.03. The zero-order chi connectivity index (χ0) is 22.5. The zero-order valence-electron chi connectivity index (χ0n) is 18.5. The Balaban J connectivity index is 1.47. The van der Waals surface area contributed by atoms with Crippen LogP contribution in [0, 0.1) is 0 Å². The second kappa shape index (κ2) is 10.7. The molecule has 2 saturated heterocycles. The largest absolute Gasteiger partial charge is 0.478 e. The van der Waals surface area contributed by atoms with Gasteiger partial charge in [-0.25, -0.2) is 4.79 Å². The van der Waals surface area contributed by atoms with Gasteiger partial charge in [-0.15, -0.1) is 0 Å². The van der Waals surface area contributed by atoms with Gasteiger partial charge in [-0.2, -0.15) is 0 Å². The zero-order valence-corrected chi connectivity index (χ0v) is 19.2. The predicted molar refractivity (Wildman–Crippen MR) is 126 cm³/mol. The molecule has 0 amide bonds. The molecule has 2 fully saturated rings. The highest BCUT2D eigenvalue weighted by Crippen LogP contribution is 2.31. The first-order chi connectivity index (χ1) is 15.5. The van der Waals surface area contributed by atoms with Gasteiger partial charge in [0.1, 0.15) is 0 Å². The fraction of sp³-hybridized carbons (Fsp3) is 0.480. The molecule has 4 rings (SSSR count). The number of anilines is 1. The molecule has 2 aromatic carbocycles. The highest BCUT2D eigenvalue weighted by molar-refractivity contribution is 6.33. The van der Waals surface area contributed by atoms with Crippen LogP contribution in [0.4, 0.5) is 5.69 Å². The number of carboxylic acids is 1. The molecule has 3 atom stereocenters. The van der Waals surface area contributed by atoms with E-state index in [1.54, 1.807) is 12.1 Å². The molecular weight excluding hydrogens is 428 g/mol. The number of hydrogen-bond acceptors (Lipinski definition) is 5. The van der Waals surface area contributed by atoms with Crippen LogP contribution in [0.3, 0.4) is 0 Å². The predicted octanol–water partition coefficient (Wildman–Crippen LogP) is 4.83. The summed E-state index contributed by atoms with van der Waals surface area (Å²) >= 11 is 6.25. The second-order valence-corrected chi connectivity index (χ2v) is 9.02. The van der Waals surface area contributed by atoms with Gasteiger partial charge in [0.15, 0.2) is 6.29 Å². The van der Waals surface area contributed by atoms with Crippen LogP contribution in [0.2, 0.25) is 5.02 Å². The molecule has 1 N–H and O–H groups in total. The highest BCUT2D eigenvalue weighted by atomic mass is 35.5. The summed E-state index contributed by atoms with van der Waals surface area (Å²) in [6.07, 6.45) is 4.42. The van der Waals surface area contributed by atoms with Gasteiger partial charge in [0, 0.05) is 39.0 Å². The third kappa shape index (κ3) is 5.62. The van der Waals surface area contributed by atoms with E-state index in [1.165, 1.54) is 12.0 Å². The smallest absolute Gasteiger partial charge is 0.337 e. The third-order valence-electron chi connectivity index (χ3n) is 6.38. The first kappa shape index (κ1) is 23.1. The first-order valence-electron chi connectivity index (χ1n) is 11.3. The van der Waals surface area contributed by atoms with Crippen molar-refractivity contribution in [2.45, 2.75) is 44.1 Å². The van der Waals surface area contributed by atoms with Crippen molar-refractivity contribution >= 4 is 23.3 Å². The van der Waals surface area contributed by atoms with Crippen molar-refractivity contribution < 1.29 is 19.4 Å². The van der Waals surface area contributed by atoms with Crippen LogP contribution in [0.25, 0.3) is 0 Å². The molecule has 2 aliphatic heterocycles. The van der Waals surface area contributed by atoms with E-state index in [1.807, 2.05) is 31.3 Å². The van der Waals surface area contributed by atoms with E-state index in [0.29, 0.717) is 0 Å². The minimum Gasteiger partial charge on any atom is -0.478 e.